The molecule has 2 unspecified atom stereocenters. The summed E-state index contributed by atoms with van der Waals surface area (Å²) in [6, 6.07) is 3.76. The van der Waals surface area contributed by atoms with Gasteiger partial charge in [0.05, 0.1) is 11.0 Å². The van der Waals surface area contributed by atoms with E-state index in [4.69, 9.17) is 9.47 Å². The maximum Gasteiger partial charge on any atom is 0.311 e. The molecule has 5 rings (SSSR count). The summed E-state index contributed by atoms with van der Waals surface area (Å²) in [5, 5.41) is 12.3. The molecule has 4 aliphatic rings. The van der Waals surface area contributed by atoms with Crippen LogP contribution in [-0.4, -0.2) is 52.6 Å². The molecule has 2 aliphatic heterocycles. The number of hydrogen-bond donors (Lipinski definition) is 1. The van der Waals surface area contributed by atoms with Crippen molar-refractivity contribution < 1.29 is 24.2 Å². The van der Waals surface area contributed by atoms with Gasteiger partial charge in [0.2, 0.25) is 0 Å². The lowest BCUT2D eigenvalue weighted by atomic mass is 9.49. The van der Waals surface area contributed by atoms with Gasteiger partial charge in [0, 0.05) is 37.5 Å². The lowest BCUT2D eigenvalue weighted by Gasteiger charge is -2.62. The molecule has 1 spiro atoms. The zero-order chi connectivity index (χ0) is 28.9. The molecule has 2 bridgehead atoms. The Hall–Kier alpha value is -2.18. The van der Waals surface area contributed by atoms with Gasteiger partial charge in [0.15, 0.2) is 23.4 Å². The summed E-state index contributed by atoms with van der Waals surface area (Å²) < 4.78 is 12.2. The Morgan fingerprint density at radius 2 is 1.71 bits per heavy atom. The number of unbranched alkanes of at least 4 members (excludes halogenated alkanes) is 12. The summed E-state index contributed by atoms with van der Waals surface area (Å²) in [5.74, 6) is 0.695. The molecule has 1 aromatic rings. The van der Waals surface area contributed by atoms with Crippen molar-refractivity contribution in [3.63, 3.8) is 0 Å². The normalized spacial score (nSPS) is 27.8. The Kier molecular flexibility index (Phi) is 9.91. The first-order valence-corrected chi connectivity index (χ1v) is 16.6. The van der Waals surface area contributed by atoms with Gasteiger partial charge in [-0.1, -0.05) is 96.1 Å². The Labute approximate surface area is 246 Å². The predicted octanol–water partition coefficient (Wildman–Crippen LogP) is 6.98. The fourth-order valence-electron chi connectivity index (χ4n) is 8.33. The summed E-state index contributed by atoms with van der Waals surface area (Å²) in [5.41, 5.74) is 0.184. The van der Waals surface area contributed by atoms with E-state index < -0.39 is 17.1 Å². The van der Waals surface area contributed by atoms with Crippen molar-refractivity contribution in [1.82, 2.24) is 4.90 Å². The van der Waals surface area contributed by atoms with Crippen LogP contribution in [0.3, 0.4) is 0 Å². The van der Waals surface area contributed by atoms with Crippen molar-refractivity contribution in [2.75, 3.05) is 13.1 Å². The Morgan fingerprint density at radius 1 is 1.05 bits per heavy atom. The molecule has 6 nitrogen and oxygen atoms in total. The molecule has 6 heteroatoms. The van der Waals surface area contributed by atoms with Gasteiger partial charge < -0.3 is 14.6 Å². The van der Waals surface area contributed by atoms with E-state index in [0.717, 1.165) is 36.9 Å². The van der Waals surface area contributed by atoms with E-state index in [-0.39, 0.29) is 17.8 Å². The van der Waals surface area contributed by atoms with Crippen molar-refractivity contribution in [1.29, 1.82) is 0 Å². The Balaban J connectivity index is 1.13. The number of piperidine rings is 1. The number of ether oxygens (including phenoxy) is 2. The summed E-state index contributed by atoms with van der Waals surface area (Å²) in [4.78, 5) is 28.3. The van der Waals surface area contributed by atoms with Crippen molar-refractivity contribution in [3.05, 3.63) is 35.9 Å². The van der Waals surface area contributed by atoms with E-state index in [0.29, 0.717) is 50.1 Å². The lowest BCUT2D eigenvalue weighted by Crippen LogP contribution is -2.76. The van der Waals surface area contributed by atoms with Gasteiger partial charge in [-0.2, -0.15) is 0 Å². The molecule has 226 valence electrons. The number of Topliss-reactive ketones (excluding diaryl/α,β-unsaturated/α-hetero) is 1. The monoisotopic (exact) mass is 565 g/mol. The van der Waals surface area contributed by atoms with Crippen LogP contribution >= 0.6 is 0 Å². The summed E-state index contributed by atoms with van der Waals surface area (Å²) in [6.07, 6.45) is 20.0. The van der Waals surface area contributed by atoms with Crippen molar-refractivity contribution >= 4 is 11.8 Å². The van der Waals surface area contributed by atoms with E-state index in [1.54, 1.807) is 0 Å². The van der Waals surface area contributed by atoms with Crippen LogP contribution in [0, 0.1) is 0 Å². The molecule has 0 amide bonds. The highest BCUT2D eigenvalue weighted by Crippen LogP contribution is 2.64. The summed E-state index contributed by atoms with van der Waals surface area (Å²) >= 11 is 0. The number of ketones is 1. The maximum absolute atomic E-state index is 13.2. The van der Waals surface area contributed by atoms with Crippen molar-refractivity contribution in [2.45, 2.75) is 146 Å². The molecule has 1 saturated carbocycles. The molecule has 2 aliphatic carbocycles. The van der Waals surface area contributed by atoms with Crippen LogP contribution in [-0.2, 0) is 21.4 Å². The smallest absolute Gasteiger partial charge is 0.311 e. The molecule has 2 heterocycles. The Bertz CT molecular complexity index is 1100. The van der Waals surface area contributed by atoms with Crippen LogP contribution in [0.1, 0.15) is 127 Å². The lowest BCUT2D eigenvalue weighted by molar-refractivity contribution is -0.187. The van der Waals surface area contributed by atoms with E-state index >= 15 is 0 Å². The van der Waals surface area contributed by atoms with E-state index in [1.165, 1.54) is 64.2 Å². The van der Waals surface area contributed by atoms with E-state index in [2.05, 4.69) is 18.4 Å². The number of likely N-dealkylation sites (tertiary alicyclic amines) is 1. The topological polar surface area (TPSA) is 76.1 Å². The number of hydrogen-bond acceptors (Lipinski definition) is 6. The highest BCUT2D eigenvalue weighted by atomic mass is 16.6. The van der Waals surface area contributed by atoms with E-state index in [9.17, 15) is 14.7 Å². The number of aliphatic hydroxyl groups is 1. The van der Waals surface area contributed by atoms with Gasteiger partial charge in [-0.25, -0.2) is 0 Å². The molecule has 1 aromatic carbocycles. The largest absolute Gasteiger partial charge is 0.477 e. The molecule has 2 fully saturated rings. The van der Waals surface area contributed by atoms with Crippen LogP contribution in [0.5, 0.6) is 11.5 Å². The highest BCUT2D eigenvalue weighted by Gasteiger charge is 2.73. The quantitative estimate of drug-likeness (QED) is 0.0950. The van der Waals surface area contributed by atoms with Crippen molar-refractivity contribution in [3.8, 4) is 11.5 Å². The molecule has 0 aromatic heterocycles. The first kappa shape index (κ1) is 30.3. The van der Waals surface area contributed by atoms with Crippen LogP contribution in [0.2, 0.25) is 0 Å². The average Bonchev–Trinajstić information content (AvgIpc) is 3.32. The predicted molar refractivity (Wildman–Crippen MR) is 162 cm³/mol. The Morgan fingerprint density at radius 3 is 2.37 bits per heavy atom. The first-order chi connectivity index (χ1) is 20.0. The molecule has 0 radical (unpaired) electrons. The second-order valence-electron chi connectivity index (χ2n) is 13.0. The second kappa shape index (κ2) is 13.4. The number of nitrogens with zero attached hydrogens (tertiary/aromatic N) is 1. The first-order valence-electron chi connectivity index (χ1n) is 16.6. The molecule has 4 atom stereocenters. The fraction of sp³-hybridized carbons (Fsp3) is 0.714. The minimum atomic E-state index is -1.05. The van der Waals surface area contributed by atoms with Gasteiger partial charge in [0.1, 0.15) is 0 Å². The standard InChI is InChI=1S/C35H51NO5/c1-3-5-6-7-8-9-10-11-12-13-14-15-16-17-30(38)40-28-19-18-26-25-29-35(39)21-20-27(37)33-34(35,31(26)32(28)41-33)22-24-36(29)23-4-2/h4,18-19,29,33,39H,2-3,5-17,20-25H2,1H3/t29?,33?,34-,35+/m0/s1. The molecular formula is C35H51NO5. The fourth-order valence-corrected chi connectivity index (χ4v) is 8.33. The minimum Gasteiger partial charge on any atom is -0.477 e. The zero-order valence-corrected chi connectivity index (χ0v) is 25.3. The molecule has 41 heavy (non-hydrogen) atoms. The van der Waals surface area contributed by atoms with Gasteiger partial charge in [-0.05, 0) is 37.3 Å². The third kappa shape index (κ3) is 5.76. The van der Waals surface area contributed by atoms with Gasteiger partial charge in [0.25, 0.3) is 0 Å². The van der Waals surface area contributed by atoms with Crippen LogP contribution in [0.25, 0.3) is 0 Å². The summed E-state index contributed by atoms with van der Waals surface area (Å²) in [7, 11) is 0. The maximum atomic E-state index is 13.2. The third-order valence-corrected chi connectivity index (χ3v) is 10.4. The molecular weight excluding hydrogens is 514 g/mol. The number of carbonyl (C=O) groups excluding carboxylic acids is 2. The average molecular weight is 566 g/mol. The number of esters is 1. The highest BCUT2D eigenvalue weighted by molar-refractivity contribution is 5.90. The molecule has 1 saturated heterocycles. The zero-order valence-electron chi connectivity index (χ0n) is 25.3. The van der Waals surface area contributed by atoms with Gasteiger partial charge >= 0.3 is 5.97 Å². The van der Waals surface area contributed by atoms with Crippen LogP contribution in [0.4, 0.5) is 0 Å². The van der Waals surface area contributed by atoms with Crippen LogP contribution < -0.4 is 9.47 Å². The number of carbonyl (C=O) groups is 2. The number of rotatable bonds is 17. The number of benzene rings is 1. The molecule has 1 N–H and O–H groups in total. The third-order valence-electron chi connectivity index (χ3n) is 10.4. The van der Waals surface area contributed by atoms with Gasteiger partial charge in [-0.15, -0.1) is 6.58 Å². The SMILES string of the molecule is C=CCN1CC[C@]23c4c5ccc(OC(=O)CCCCCCCCCCCCCCC)c4OC2C(=O)CC[C@@]3(O)C1C5. The van der Waals surface area contributed by atoms with Gasteiger partial charge in [-0.3, -0.25) is 14.5 Å². The van der Waals surface area contributed by atoms with Crippen molar-refractivity contribution in [2.24, 2.45) is 0 Å². The summed E-state index contributed by atoms with van der Waals surface area (Å²) in [6.45, 7) is 7.66. The minimum absolute atomic E-state index is 0.0406. The second-order valence-corrected chi connectivity index (χ2v) is 13.0. The van der Waals surface area contributed by atoms with E-state index in [1.807, 2.05) is 18.2 Å². The van der Waals surface area contributed by atoms with Crippen LogP contribution in [0.15, 0.2) is 24.8 Å².